The van der Waals surface area contributed by atoms with Gasteiger partial charge in [0.15, 0.2) is 0 Å². The summed E-state index contributed by atoms with van der Waals surface area (Å²) in [4.78, 5) is 6.38. The van der Waals surface area contributed by atoms with Crippen LogP contribution in [-0.4, -0.2) is 52.0 Å². The van der Waals surface area contributed by atoms with E-state index in [-0.39, 0.29) is 0 Å². The maximum absolute atomic E-state index is 5.77. The Balaban J connectivity index is 1.61. The third-order valence-electron chi connectivity index (χ3n) is 5.71. The lowest BCUT2D eigenvalue weighted by molar-refractivity contribution is 0.122. The molecule has 0 bridgehead atoms. The van der Waals surface area contributed by atoms with Gasteiger partial charge in [0.25, 0.3) is 0 Å². The predicted molar refractivity (Wildman–Crippen MR) is 109 cm³/mol. The van der Waals surface area contributed by atoms with Gasteiger partial charge in [0.05, 0.1) is 33.1 Å². The second-order valence-electron chi connectivity index (χ2n) is 7.13. The number of fused-ring (bicyclic) bond motifs is 1. The smallest absolute Gasteiger partial charge is 0.142 e. The van der Waals surface area contributed by atoms with Gasteiger partial charge < -0.3 is 19.1 Å². The Kier molecular flexibility index (Phi) is 5.57. The maximum Gasteiger partial charge on any atom is 0.142 e. The summed E-state index contributed by atoms with van der Waals surface area (Å²) < 4.78 is 17.0. The summed E-state index contributed by atoms with van der Waals surface area (Å²) in [5.74, 6) is 1.84. The molecule has 0 aliphatic carbocycles. The summed E-state index contributed by atoms with van der Waals surface area (Å²) in [7, 11) is 3.50. The van der Waals surface area contributed by atoms with Crippen LogP contribution in [0.5, 0.6) is 11.5 Å². The molecule has 3 heterocycles. The molecule has 27 heavy (non-hydrogen) atoms. The number of hydrogen-bond donors (Lipinski definition) is 0. The molecule has 5 nitrogen and oxygen atoms in total. The average molecular weight is 389 g/mol. The first-order valence-electron chi connectivity index (χ1n) is 9.59. The van der Waals surface area contributed by atoms with Crippen LogP contribution >= 0.6 is 11.3 Å². The Morgan fingerprint density at radius 2 is 1.89 bits per heavy atom. The van der Waals surface area contributed by atoms with Gasteiger partial charge >= 0.3 is 0 Å². The number of methoxy groups -OCH3 is 2. The summed E-state index contributed by atoms with van der Waals surface area (Å²) in [6.07, 6.45) is 1.13. The number of hydrogen-bond acceptors (Lipinski definition) is 6. The molecule has 0 unspecified atom stereocenters. The van der Waals surface area contributed by atoms with Crippen molar-refractivity contribution in [2.45, 2.75) is 25.9 Å². The largest absolute Gasteiger partial charge is 0.496 e. The van der Waals surface area contributed by atoms with E-state index in [1.807, 2.05) is 11.3 Å². The molecule has 2 aromatic rings. The van der Waals surface area contributed by atoms with Gasteiger partial charge in [0.1, 0.15) is 11.5 Å². The van der Waals surface area contributed by atoms with E-state index in [1.165, 1.54) is 16.0 Å². The maximum atomic E-state index is 5.77. The molecule has 1 fully saturated rings. The number of nitrogens with zero attached hydrogens (tertiary/aromatic N) is 2. The van der Waals surface area contributed by atoms with Crippen molar-refractivity contribution in [2.24, 2.45) is 0 Å². The Bertz CT molecular complexity index is 786. The van der Waals surface area contributed by atoms with Crippen molar-refractivity contribution in [2.75, 3.05) is 52.0 Å². The van der Waals surface area contributed by atoms with E-state index >= 15 is 0 Å². The summed E-state index contributed by atoms with van der Waals surface area (Å²) >= 11 is 1.88. The number of benzene rings is 1. The molecule has 0 N–H and O–H groups in total. The summed E-state index contributed by atoms with van der Waals surface area (Å²) in [6, 6.07) is 6.98. The lowest BCUT2D eigenvalue weighted by Gasteiger charge is -2.34. The Morgan fingerprint density at radius 3 is 2.63 bits per heavy atom. The number of anilines is 1. The molecule has 0 amide bonds. The zero-order valence-corrected chi connectivity index (χ0v) is 17.2. The number of morpholine rings is 1. The molecule has 4 rings (SSSR count). The fourth-order valence-electron chi connectivity index (χ4n) is 4.12. The van der Waals surface area contributed by atoms with Gasteiger partial charge in [0.2, 0.25) is 0 Å². The van der Waals surface area contributed by atoms with E-state index in [0.717, 1.165) is 63.0 Å². The fraction of sp³-hybridized carbons (Fsp3) is 0.524. The average Bonchev–Trinajstić information content (AvgIpc) is 3.20. The first kappa shape index (κ1) is 18.6. The normalized spacial score (nSPS) is 20.4. The van der Waals surface area contributed by atoms with E-state index < -0.39 is 0 Å². The minimum atomic E-state index is 0.426. The van der Waals surface area contributed by atoms with Gasteiger partial charge in [-0.3, -0.25) is 4.90 Å². The third kappa shape index (κ3) is 3.66. The highest BCUT2D eigenvalue weighted by atomic mass is 32.1. The number of ether oxygens (including phenoxy) is 3. The SMILES string of the molecule is COc1cc(N2CCOCC2)c(OC)cc1CN1CCc2sccc2[C@@H]1C. The standard InChI is InChI=1S/C21H28N2O3S/c1-15-17-5-11-27-21(17)4-6-23(15)14-16-12-20(25-3)18(13-19(16)24-2)22-7-9-26-10-8-22/h5,11-13,15H,4,6-10,14H2,1-3H3/t15-/m0/s1. The van der Waals surface area contributed by atoms with Gasteiger partial charge in [-0.1, -0.05) is 0 Å². The van der Waals surface area contributed by atoms with Gasteiger partial charge in [0, 0.05) is 48.7 Å². The monoisotopic (exact) mass is 388 g/mol. The van der Waals surface area contributed by atoms with Crippen LogP contribution in [0.2, 0.25) is 0 Å². The van der Waals surface area contributed by atoms with Crippen LogP contribution in [0, 0.1) is 0 Å². The van der Waals surface area contributed by atoms with Crippen molar-refractivity contribution in [1.82, 2.24) is 4.90 Å². The molecule has 2 aliphatic heterocycles. The Hall–Kier alpha value is -1.76. The molecule has 2 aliphatic rings. The third-order valence-corrected chi connectivity index (χ3v) is 6.71. The summed E-state index contributed by atoms with van der Waals surface area (Å²) in [5, 5.41) is 2.21. The molecule has 1 saturated heterocycles. The lowest BCUT2D eigenvalue weighted by atomic mass is 10.00. The van der Waals surface area contributed by atoms with Crippen molar-refractivity contribution < 1.29 is 14.2 Å². The van der Waals surface area contributed by atoms with E-state index in [9.17, 15) is 0 Å². The van der Waals surface area contributed by atoms with E-state index in [1.54, 1.807) is 14.2 Å². The molecule has 1 aromatic carbocycles. The Morgan fingerprint density at radius 1 is 1.11 bits per heavy atom. The van der Waals surface area contributed by atoms with Crippen molar-refractivity contribution in [3.8, 4) is 11.5 Å². The Labute approximate surface area is 165 Å². The molecule has 0 radical (unpaired) electrons. The van der Waals surface area contributed by atoms with Gasteiger partial charge in [-0.2, -0.15) is 0 Å². The zero-order valence-electron chi connectivity index (χ0n) is 16.4. The van der Waals surface area contributed by atoms with Crippen LogP contribution in [0.4, 0.5) is 5.69 Å². The van der Waals surface area contributed by atoms with Crippen molar-refractivity contribution in [3.05, 3.63) is 39.6 Å². The van der Waals surface area contributed by atoms with Crippen molar-refractivity contribution >= 4 is 17.0 Å². The minimum Gasteiger partial charge on any atom is -0.496 e. The van der Waals surface area contributed by atoms with E-state index in [2.05, 4.69) is 40.3 Å². The van der Waals surface area contributed by atoms with E-state index in [0.29, 0.717) is 6.04 Å². The van der Waals surface area contributed by atoms with Gasteiger partial charge in [-0.15, -0.1) is 11.3 Å². The first-order chi connectivity index (χ1) is 13.2. The van der Waals surface area contributed by atoms with Crippen LogP contribution in [0.25, 0.3) is 0 Å². The van der Waals surface area contributed by atoms with Crippen LogP contribution in [0.1, 0.15) is 29.0 Å². The zero-order chi connectivity index (χ0) is 18.8. The lowest BCUT2D eigenvalue weighted by Crippen LogP contribution is -2.36. The molecular weight excluding hydrogens is 360 g/mol. The summed E-state index contributed by atoms with van der Waals surface area (Å²) in [6.45, 7) is 7.50. The molecule has 146 valence electrons. The highest BCUT2D eigenvalue weighted by Crippen LogP contribution is 2.39. The molecule has 1 aromatic heterocycles. The molecule has 6 heteroatoms. The molecular formula is C21H28N2O3S. The summed E-state index contributed by atoms with van der Waals surface area (Å²) in [5.41, 5.74) is 3.74. The van der Waals surface area contributed by atoms with Gasteiger partial charge in [-0.05, 0) is 36.4 Å². The highest BCUT2D eigenvalue weighted by molar-refractivity contribution is 7.10. The predicted octanol–water partition coefficient (Wildman–Crippen LogP) is 3.72. The molecule has 1 atom stereocenters. The molecule has 0 saturated carbocycles. The minimum absolute atomic E-state index is 0.426. The van der Waals surface area contributed by atoms with Crippen LogP contribution in [-0.2, 0) is 17.7 Å². The number of thiophene rings is 1. The van der Waals surface area contributed by atoms with Crippen LogP contribution in [0.15, 0.2) is 23.6 Å². The van der Waals surface area contributed by atoms with E-state index in [4.69, 9.17) is 14.2 Å². The second-order valence-corrected chi connectivity index (χ2v) is 8.13. The molecule has 0 spiro atoms. The second kappa shape index (κ2) is 8.09. The van der Waals surface area contributed by atoms with Crippen LogP contribution < -0.4 is 14.4 Å². The quantitative estimate of drug-likeness (QED) is 0.780. The van der Waals surface area contributed by atoms with Crippen molar-refractivity contribution in [1.29, 1.82) is 0 Å². The topological polar surface area (TPSA) is 34.2 Å². The first-order valence-corrected chi connectivity index (χ1v) is 10.5. The van der Waals surface area contributed by atoms with Crippen LogP contribution in [0.3, 0.4) is 0 Å². The number of rotatable bonds is 5. The fourth-order valence-corrected chi connectivity index (χ4v) is 5.08. The van der Waals surface area contributed by atoms with Crippen molar-refractivity contribution in [3.63, 3.8) is 0 Å². The van der Waals surface area contributed by atoms with Gasteiger partial charge in [-0.25, -0.2) is 0 Å². The highest BCUT2D eigenvalue weighted by Gasteiger charge is 2.26.